The Hall–Kier alpha value is -1.15. The van der Waals surface area contributed by atoms with E-state index in [1.54, 1.807) is 11.8 Å². The molecule has 132 valence electrons. The Bertz CT molecular complexity index is 614. The molecule has 2 heterocycles. The molecule has 0 aromatic heterocycles. The van der Waals surface area contributed by atoms with Gasteiger partial charge in [-0.05, 0) is 41.0 Å². The van der Waals surface area contributed by atoms with Crippen LogP contribution in [0.2, 0.25) is 0 Å². The van der Waals surface area contributed by atoms with Crippen LogP contribution in [-0.4, -0.2) is 66.0 Å². The zero-order chi connectivity index (χ0) is 17.6. The van der Waals surface area contributed by atoms with Crippen LogP contribution in [0.5, 0.6) is 0 Å². The van der Waals surface area contributed by atoms with Crippen molar-refractivity contribution < 1.29 is 18.0 Å². The van der Waals surface area contributed by atoms with Gasteiger partial charge in [-0.15, -0.1) is 0 Å². The number of amides is 2. The molecular formula is C15H27N3O4S. The van der Waals surface area contributed by atoms with Crippen LogP contribution in [-0.2, 0) is 19.6 Å². The van der Waals surface area contributed by atoms with Gasteiger partial charge in [0.1, 0.15) is 0 Å². The molecule has 0 aromatic carbocycles. The normalized spacial score (nSPS) is 30.1. The highest BCUT2D eigenvalue weighted by Crippen LogP contribution is 2.28. The third-order valence-electron chi connectivity index (χ3n) is 4.56. The summed E-state index contributed by atoms with van der Waals surface area (Å²) in [6, 6.07) is 0.0777. The molecule has 0 aromatic rings. The van der Waals surface area contributed by atoms with Crippen molar-refractivity contribution in [2.75, 3.05) is 18.8 Å². The standard InChI is InChI=1S/C15H27N3O4S/c1-11(2)18-13(20)9-17(10-14(18,3)4)12(19)8-15(5)6-7-23(21,22)16-15/h11,16H,6-10H2,1-5H3. The molecule has 2 amide bonds. The Morgan fingerprint density at radius 2 is 1.91 bits per heavy atom. The molecule has 2 rings (SSSR count). The van der Waals surface area contributed by atoms with Crippen molar-refractivity contribution in [2.45, 2.75) is 64.6 Å². The van der Waals surface area contributed by atoms with Crippen molar-refractivity contribution in [1.29, 1.82) is 0 Å². The summed E-state index contributed by atoms with van der Waals surface area (Å²) in [7, 11) is -3.28. The summed E-state index contributed by atoms with van der Waals surface area (Å²) in [6.07, 6.45) is 0.488. The molecule has 23 heavy (non-hydrogen) atoms. The van der Waals surface area contributed by atoms with Gasteiger partial charge in [-0.25, -0.2) is 13.1 Å². The van der Waals surface area contributed by atoms with Gasteiger partial charge in [0, 0.05) is 24.5 Å². The first kappa shape index (κ1) is 18.2. The van der Waals surface area contributed by atoms with Crippen LogP contribution < -0.4 is 4.72 Å². The fourth-order valence-electron chi connectivity index (χ4n) is 3.75. The molecule has 0 aliphatic carbocycles. The highest BCUT2D eigenvalue weighted by Gasteiger charge is 2.44. The first-order valence-electron chi connectivity index (χ1n) is 7.97. The van der Waals surface area contributed by atoms with Gasteiger partial charge in [-0.3, -0.25) is 9.59 Å². The Balaban J connectivity index is 2.09. The summed E-state index contributed by atoms with van der Waals surface area (Å²) in [4.78, 5) is 28.4. The predicted octanol–water partition coefficient (Wildman–Crippen LogP) is 0.316. The van der Waals surface area contributed by atoms with Crippen LogP contribution in [0.15, 0.2) is 0 Å². The third-order valence-corrected chi connectivity index (χ3v) is 6.11. The van der Waals surface area contributed by atoms with E-state index in [1.807, 2.05) is 32.6 Å². The summed E-state index contributed by atoms with van der Waals surface area (Å²) >= 11 is 0. The van der Waals surface area contributed by atoms with Gasteiger partial charge in [0.15, 0.2) is 0 Å². The lowest BCUT2D eigenvalue weighted by Gasteiger charge is -2.49. The molecule has 8 heteroatoms. The van der Waals surface area contributed by atoms with E-state index < -0.39 is 21.1 Å². The molecule has 2 aliphatic heterocycles. The number of carbonyl (C=O) groups excluding carboxylic acids is 2. The molecule has 1 N–H and O–H groups in total. The number of carbonyl (C=O) groups is 2. The molecule has 1 unspecified atom stereocenters. The first-order valence-corrected chi connectivity index (χ1v) is 9.62. The highest BCUT2D eigenvalue weighted by molar-refractivity contribution is 7.89. The quantitative estimate of drug-likeness (QED) is 0.798. The lowest BCUT2D eigenvalue weighted by Crippen LogP contribution is -2.65. The van der Waals surface area contributed by atoms with E-state index in [2.05, 4.69) is 4.72 Å². The van der Waals surface area contributed by atoms with Crippen LogP contribution in [0.4, 0.5) is 0 Å². The summed E-state index contributed by atoms with van der Waals surface area (Å²) in [5.74, 6) is -0.203. The lowest BCUT2D eigenvalue weighted by atomic mass is 9.92. The number of rotatable bonds is 3. The maximum Gasteiger partial charge on any atom is 0.242 e. The number of nitrogens with one attached hydrogen (secondary N) is 1. The number of nitrogens with zero attached hydrogens (tertiary/aromatic N) is 2. The topological polar surface area (TPSA) is 86.8 Å². The molecule has 1 atom stereocenters. The average Bonchev–Trinajstić information content (AvgIpc) is 2.60. The van der Waals surface area contributed by atoms with E-state index in [9.17, 15) is 18.0 Å². The zero-order valence-electron chi connectivity index (χ0n) is 14.5. The minimum absolute atomic E-state index is 0.0440. The van der Waals surface area contributed by atoms with Gasteiger partial charge >= 0.3 is 0 Å². The van der Waals surface area contributed by atoms with Gasteiger partial charge in [-0.2, -0.15) is 0 Å². The van der Waals surface area contributed by atoms with Crippen molar-refractivity contribution in [3.05, 3.63) is 0 Å². The Morgan fingerprint density at radius 1 is 1.30 bits per heavy atom. The predicted molar refractivity (Wildman–Crippen MR) is 87.2 cm³/mol. The summed E-state index contributed by atoms with van der Waals surface area (Å²) in [6.45, 7) is 10.1. The highest BCUT2D eigenvalue weighted by atomic mass is 32.2. The number of hydrogen-bond acceptors (Lipinski definition) is 4. The molecular weight excluding hydrogens is 318 g/mol. The maximum atomic E-state index is 12.6. The second-order valence-corrected chi connectivity index (χ2v) is 9.67. The van der Waals surface area contributed by atoms with E-state index in [0.29, 0.717) is 13.0 Å². The lowest BCUT2D eigenvalue weighted by molar-refractivity contribution is -0.156. The molecule has 7 nitrogen and oxygen atoms in total. The molecule has 2 fully saturated rings. The van der Waals surface area contributed by atoms with Crippen LogP contribution in [0.3, 0.4) is 0 Å². The Labute approximate surface area is 138 Å². The molecule has 0 saturated carbocycles. The van der Waals surface area contributed by atoms with Crippen LogP contribution in [0.25, 0.3) is 0 Å². The van der Waals surface area contributed by atoms with Crippen molar-refractivity contribution in [1.82, 2.24) is 14.5 Å². The molecule has 0 radical (unpaired) electrons. The van der Waals surface area contributed by atoms with Crippen molar-refractivity contribution in [3.63, 3.8) is 0 Å². The Kier molecular flexibility index (Phi) is 4.54. The van der Waals surface area contributed by atoms with Crippen LogP contribution >= 0.6 is 0 Å². The first-order chi connectivity index (χ1) is 10.4. The van der Waals surface area contributed by atoms with Crippen molar-refractivity contribution in [3.8, 4) is 0 Å². The Morgan fingerprint density at radius 3 is 2.35 bits per heavy atom. The second-order valence-electron chi connectivity index (χ2n) is 7.83. The molecule has 2 saturated heterocycles. The molecule has 0 bridgehead atoms. The van der Waals surface area contributed by atoms with Gasteiger partial charge in [-0.1, -0.05) is 0 Å². The van der Waals surface area contributed by atoms with Gasteiger partial charge in [0.25, 0.3) is 0 Å². The van der Waals surface area contributed by atoms with Gasteiger partial charge in [0.2, 0.25) is 21.8 Å². The SMILES string of the molecule is CC(C)N1C(=O)CN(C(=O)CC2(C)CCS(=O)(=O)N2)CC1(C)C. The largest absolute Gasteiger partial charge is 0.332 e. The van der Waals surface area contributed by atoms with Crippen molar-refractivity contribution >= 4 is 21.8 Å². The zero-order valence-corrected chi connectivity index (χ0v) is 15.4. The fraction of sp³-hybridized carbons (Fsp3) is 0.867. The summed E-state index contributed by atoms with van der Waals surface area (Å²) in [5.41, 5.74) is -1.19. The summed E-state index contributed by atoms with van der Waals surface area (Å²) in [5, 5.41) is 0. The summed E-state index contributed by atoms with van der Waals surface area (Å²) < 4.78 is 25.7. The van der Waals surface area contributed by atoms with Gasteiger partial charge < -0.3 is 9.80 Å². The van der Waals surface area contributed by atoms with E-state index in [4.69, 9.17) is 0 Å². The molecule has 0 spiro atoms. The van der Waals surface area contributed by atoms with E-state index >= 15 is 0 Å². The second kappa shape index (κ2) is 5.73. The minimum Gasteiger partial charge on any atom is -0.332 e. The smallest absolute Gasteiger partial charge is 0.242 e. The van der Waals surface area contributed by atoms with Gasteiger partial charge in [0.05, 0.1) is 17.8 Å². The number of hydrogen-bond donors (Lipinski definition) is 1. The fourth-order valence-corrected chi connectivity index (χ4v) is 5.49. The molecule has 2 aliphatic rings. The minimum atomic E-state index is -3.28. The maximum absolute atomic E-state index is 12.6. The third kappa shape index (κ3) is 3.85. The van der Waals surface area contributed by atoms with E-state index in [-0.39, 0.29) is 36.6 Å². The van der Waals surface area contributed by atoms with Crippen LogP contribution in [0, 0.1) is 0 Å². The average molecular weight is 345 g/mol. The number of piperazine rings is 1. The van der Waals surface area contributed by atoms with Crippen LogP contribution in [0.1, 0.15) is 47.5 Å². The van der Waals surface area contributed by atoms with E-state index in [1.165, 1.54) is 0 Å². The monoisotopic (exact) mass is 345 g/mol. The van der Waals surface area contributed by atoms with E-state index in [0.717, 1.165) is 0 Å². The number of sulfonamides is 1. The van der Waals surface area contributed by atoms with Crippen molar-refractivity contribution in [2.24, 2.45) is 0 Å².